The van der Waals surface area contributed by atoms with Crippen LogP contribution in [0.5, 0.6) is 5.75 Å². The molecule has 1 heterocycles. The van der Waals surface area contributed by atoms with Crippen LogP contribution in [0.25, 0.3) is 0 Å². The molecule has 0 unspecified atom stereocenters. The molecule has 2 rings (SSSR count). The van der Waals surface area contributed by atoms with E-state index in [1.54, 1.807) is 31.2 Å². The SMILES string of the molecule is COc1ccccc1CCNC(=O)Nc1cnn(C)c1. The van der Waals surface area contributed by atoms with Crippen LogP contribution in [0.2, 0.25) is 0 Å². The minimum atomic E-state index is -0.243. The molecule has 0 aliphatic heterocycles. The highest BCUT2D eigenvalue weighted by Gasteiger charge is 2.04. The van der Waals surface area contributed by atoms with Gasteiger partial charge in [0.1, 0.15) is 5.75 Å². The smallest absolute Gasteiger partial charge is 0.319 e. The highest BCUT2D eigenvalue weighted by atomic mass is 16.5. The summed E-state index contributed by atoms with van der Waals surface area (Å²) in [6, 6.07) is 7.52. The molecule has 2 N–H and O–H groups in total. The molecule has 1 aromatic carbocycles. The lowest BCUT2D eigenvalue weighted by molar-refractivity contribution is 0.252. The summed E-state index contributed by atoms with van der Waals surface area (Å²) in [5.74, 6) is 0.835. The minimum Gasteiger partial charge on any atom is -0.496 e. The fraction of sp³-hybridized carbons (Fsp3) is 0.286. The Morgan fingerprint density at radius 1 is 1.40 bits per heavy atom. The van der Waals surface area contributed by atoms with E-state index in [2.05, 4.69) is 15.7 Å². The second-order valence-corrected chi connectivity index (χ2v) is 4.35. The van der Waals surface area contributed by atoms with Gasteiger partial charge in [0, 0.05) is 19.8 Å². The number of nitrogens with one attached hydrogen (secondary N) is 2. The Bertz CT molecular complexity index is 580. The number of rotatable bonds is 5. The molecule has 0 aliphatic rings. The van der Waals surface area contributed by atoms with E-state index < -0.39 is 0 Å². The normalized spacial score (nSPS) is 10.1. The fourth-order valence-electron chi connectivity index (χ4n) is 1.88. The zero-order valence-corrected chi connectivity index (χ0v) is 11.6. The number of benzene rings is 1. The Balaban J connectivity index is 1.79. The zero-order valence-electron chi connectivity index (χ0n) is 11.6. The number of hydrogen-bond acceptors (Lipinski definition) is 3. The average Bonchev–Trinajstić information content (AvgIpc) is 2.84. The van der Waals surface area contributed by atoms with Crippen LogP contribution in [0, 0.1) is 0 Å². The van der Waals surface area contributed by atoms with E-state index in [-0.39, 0.29) is 6.03 Å². The van der Waals surface area contributed by atoms with E-state index in [1.165, 1.54) is 0 Å². The van der Waals surface area contributed by atoms with Gasteiger partial charge in [-0.1, -0.05) is 18.2 Å². The molecule has 2 aromatic rings. The summed E-state index contributed by atoms with van der Waals surface area (Å²) >= 11 is 0. The Kier molecular flexibility index (Phi) is 4.60. The number of amides is 2. The molecule has 1 aromatic heterocycles. The average molecular weight is 274 g/mol. The van der Waals surface area contributed by atoms with Crippen LogP contribution in [0.3, 0.4) is 0 Å². The van der Waals surface area contributed by atoms with Crippen molar-refractivity contribution in [2.24, 2.45) is 7.05 Å². The largest absolute Gasteiger partial charge is 0.496 e. The number of para-hydroxylation sites is 1. The van der Waals surface area contributed by atoms with Crippen LogP contribution in [-0.4, -0.2) is 29.5 Å². The van der Waals surface area contributed by atoms with Gasteiger partial charge in [-0.2, -0.15) is 5.10 Å². The van der Waals surface area contributed by atoms with Gasteiger partial charge in [0.05, 0.1) is 19.0 Å². The standard InChI is InChI=1S/C14H18N4O2/c1-18-10-12(9-16-18)17-14(19)15-8-7-11-5-3-4-6-13(11)20-2/h3-6,9-10H,7-8H2,1-2H3,(H2,15,17,19). The Labute approximate surface area is 117 Å². The molecule has 0 atom stereocenters. The summed E-state index contributed by atoms with van der Waals surface area (Å²) in [6.07, 6.45) is 4.05. The van der Waals surface area contributed by atoms with E-state index in [0.717, 1.165) is 11.3 Å². The van der Waals surface area contributed by atoms with Crippen molar-refractivity contribution in [3.63, 3.8) is 0 Å². The van der Waals surface area contributed by atoms with Crippen molar-refractivity contribution in [1.82, 2.24) is 15.1 Å². The zero-order chi connectivity index (χ0) is 14.4. The number of hydrogen-bond donors (Lipinski definition) is 2. The predicted octanol–water partition coefficient (Wildman–Crippen LogP) is 1.79. The van der Waals surface area contributed by atoms with Gasteiger partial charge in [-0.3, -0.25) is 4.68 Å². The highest BCUT2D eigenvalue weighted by Crippen LogP contribution is 2.17. The molecule has 0 saturated carbocycles. The van der Waals surface area contributed by atoms with Gasteiger partial charge >= 0.3 is 6.03 Å². The van der Waals surface area contributed by atoms with Gasteiger partial charge in [-0.05, 0) is 18.1 Å². The van der Waals surface area contributed by atoms with Crippen LogP contribution in [-0.2, 0) is 13.5 Å². The van der Waals surface area contributed by atoms with E-state index in [1.807, 2.05) is 24.3 Å². The van der Waals surface area contributed by atoms with Crippen LogP contribution in [0.1, 0.15) is 5.56 Å². The van der Waals surface area contributed by atoms with Crippen molar-refractivity contribution in [2.45, 2.75) is 6.42 Å². The molecule has 2 amide bonds. The van der Waals surface area contributed by atoms with Gasteiger partial charge in [0.2, 0.25) is 0 Å². The van der Waals surface area contributed by atoms with Gasteiger partial charge < -0.3 is 15.4 Å². The van der Waals surface area contributed by atoms with Crippen molar-refractivity contribution in [1.29, 1.82) is 0 Å². The molecule has 6 nitrogen and oxygen atoms in total. The first kappa shape index (κ1) is 13.9. The van der Waals surface area contributed by atoms with Crippen LogP contribution in [0.15, 0.2) is 36.7 Å². The lowest BCUT2D eigenvalue weighted by Gasteiger charge is -2.09. The molecule has 20 heavy (non-hydrogen) atoms. The van der Waals surface area contributed by atoms with E-state index in [9.17, 15) is 4.79 Å². The number of aromatic nitrogens is 2. The Morgan fingerprint density at radius 2 is 2.20 bits per heavy atom. The maximum atomic E-state index is 11.7. The van der Waals surface area contributed by atoms with Crippen LogP contribution < -0.4 is 15.4 Å². The van der Waals surface area contributed by atoms with E-state index in [4.69, 9.17) is 4.74 Å². The highest BCUT2D eigenvalue weighted by molar-refractivity contribution is 5.88. The Hall–Kier alpha value is -2.50. The quantitative estimate of drug-likeness (QED) is 0.873. The monoisotopic (exact) mass is 274 g/mol. The molecule has 106 valence electrons. The van der Waals surface area contributed by atoms with Gasteiger partial charge in [-0.15, -0.1) is 0 Å². The molecular formula is C14H18N4O2. The maximum Gasteiger partial charge on any atom is 0.319 e. The summed E-state index contributed by atoms with van der Waals surface area (Å²) in [5, 5.41) is 9.49. The van der Waals surface area contributed by atoms with Crippen molar-refractivity contribution in [3.05, 3.63) is 42.2 Å². The number of nitrogens with zero attached hydrogens (tertiary/aromatic N) is 2. The van der Waals surface area contributed by atoms with Gasteiger partial charge in [0.15, 0.2) is 0 Å². The molecular weight excluding hydrogens is 256 g/mol. The van der Waals surface area contributed by atoms with E-state index >= 15 is 0 Å². The predicted molar refractivity (Wildman–Crippen MR) is 76.9 cm³/mol. The van der Waals surface area contributed by atoms with Crippen LogP contribution in [0.4, 0.5) is 10.5 Å². The van der Waals surface area contributed by atoms with Crippen molar-refractivity contribution in [2.75, 3.05) is 19.0 Å². The summed E-state index contributed by atoms with van der Waals surface area (Å²) in [5.41, 5.74) is 1.74. The number of anilines is 1. The molecule has 0 aliphatic carbocycles. The van der Waals surface area contributed by atoms with Gasteiger partial charge in [-0.25, -0.2) is 4.79 Å². The Morgan fingerprint density at radius 3 is 2.90 bits per heavy atom. The molecule has 0 bridgehead atoms. The second-order valence-electron chi connectivity index (χ2n) is 4.35. The lowest BCUT2D eigenvalue weighted by atomic mass is 10.1. The molecule has 0 spiro atoms. The summed E-state index contributed by atoms with van der Waals surface area (Å²) in [7, 11) is 3.44. The number of ether oxygens (including phenoxy) is 1. The first-order valence-electron chi connectivity index (χ1n) is 6.34. The van der Waals surface area contributed by atoms with Crippen molar-refractivity contribution in [3.8, 4) is 5.75 Å². The third-order valence-corrected chi connectivity index (χ3v) is 2.84. The summed E-state index contributed by atoms with van der Waals surface area (Å²) < 4.78 is 6.89. The fourth-order valence-corrected chi connectivity index (χ4v) is 1.88. The third kappa shape index (κ3) is 3.74. The summed E-state index contributed by atoms with van der Waals surface area (Å²) in [6.45, 7) is 0.534. The number of methoxy groups -OCH3 is 1. The molecule has 0 saturated heterocycles. The number of aryl methyl sites for hydroxylation is 1. The van der Waals surface area contributed by atoms with E-state index in [0.29, 0.717) is 18.7 Å². The molecule has 6 heteroatoms. The number of carbonyl (C=O) groups excluding carboxylic acids is 1. The minimum absolute atomic E-state index is 0.243. The number of carbonyl (C=O) groups is 1. The summed E-state index contributed by atoms with van der Waals surface area (Å²) in [4.78, 5) is 11.7. The third-order valence-electron chi connectivity index (χ3n) is 2.84. The molecule has 0 radical (unpaired) electrons. The maximum absolute atomic E-state index is 11.7. The van der Waals surface area contributed by atoms with Gasteiger partial charge in [0.25, 0.3) is 0 Å². The first-order chi connectivity index (χ1) is 9.69. The topological polar surface area (TPSA) is 68.2 Å². The van der Waals surface area contributed by atoms with Crippen LogP contribution >= 0.6 is 0 Å². The number of urea groups is 1. The first-order valence-corrected chi connectivity index (χ1v) is 6.34. The van der Waals surface area contributed by atoms with Crippen molar-refractivity contribution < 1.29 is 9.53 Å². The lowest BCUT2D eigenvalue weighted by Crippen LogP contribution is -2.30. The second kappa shape index (κ2) is 6.60. The van der Waals surface area contributed by atoms with Crippen molar-refractivity contribution >= 4 is 11.7 Å². The molecule has 0 fully saturated rings.